The molecule has 0 atom stereocenters. The first-order valence-electron chi connectivity index (χ1n) is 6.82. The Hall–Kier alpha value is -2.13. The van der Waals surface area contributed by atoms with Gasteiger partial charge in [0.05, 0.1) is 0 Å². The molecule has 0 radical (unpaired) electrons. The van der Waals surface area contributed by atoms with E-state index in [1.165, 1.54) is 11.1 Å². The second-order valence-corrected chi connectivity index (χ2v) is 4.94. The molecule has 0 unspecified atom stereocenters. The fraction of sp³-hybridized carbons (Fsp3) is 0.235. The van der Waals surface area contributed by atoms with Gasteiger partial charge in [0, 0.05) is 18.7 Å². The third-order valence-electron chi connectivity index (χ3n) is 3.17. The number of benzene rings is 2. The average Bonchev–Trinajstić information content (AvgIpc) is 2.45. The second kappa shape index (κ2) is 6.87. The molecule has 0 saturated carbocycles. The van der Waals surface area contributed by atoms with Gasteiger partial charge in [0.15, 0.2) is 0 Å². The van der Waals surface area contributed by atoms with Crippen LogP contribution in [0.15, 0.2) is 48.5 Å². The van der Waals surface area contributed by atoms with Gasteiger partial charge in [0.2, 0.25) is 5.91 Å². The van der Waals surface area contributed by atoms with Crippen molar-refractivity contribution < 1.29 is 4.79 Å². The fourth-order valence-corrected chi connectivity index (χ4v) is 2.13. The number of aryl methyl sites for hydroxylation is 2. The lowest BCUT2D eigenvalue weighted by atomic mass is 10.1. The van der Waals surface area contributed by atoms with E-state index in [0.29, 0.717) is 13.0 Å². The summed E-state index contributed by atoms with van der Waals surface area (Å²) >= 11 is 0. The highest BCUT2D eigenvalue weighted by Crippen LogP contribution is 2.12. The van der Waals surface area contributed by atoms with Crippen molar-refractivity contribution in [2.75, 3.05) is 5.32 Å². The molecule has 2 aromatic carbocycles. The minimum atomic E-state index is 0.0284. The Bertz CT molecular complexity index is 593. The van der Waals surface area contributed by atoms with Gasteiger partial charge in [-0.2, -0.15) is 0 Å². The van der Waals surface area contributed by atoms with Gasteiger partial charge in [-0.1, -0.05) is 42.0 Å². The highest BCUT2D eigenvalue weighted by atomic mass is 16.1. The predicted octanol–water partition coefficient (Wildman–Crippen LogP) is 3.03. The summed E-state index contributed by atoms with van der Waals surface area (Å²) < 4.78 is 0. The average molecular weight is 268 g/mol. The largest absolute Gasteiger partial charge is 0.326 e. The summed E-state index contributed by atoms with van der Waals surface area (Å²) in [7, 11) is 0. The van der Waals surface area contributed by atoms with E-state index >= 15 is 0 Å². The molecule has 0 aliphatic carbocycles. The number of nitrogens with two attached hydrogens (primary N) is 1. The molecule has 2 rings (SSSR count). The van der Waals surface area contributed by atoms with Crippen molar-refractivity contribution in [2.45, 2.75) is 26.3 Å². The zero-order valence-corrected chi connectivity index (χ0v) is 11.7. The number of hydrogen-bond donors (Lipinski definition) is 2. The van der Waals surface area contributed by atoms with Gasteiger partial charge in [-0.25, -0.2) is 0 Å². The molecule has 3 N–H and O–H groups in total. The van der Waals surface area contributed by atoms with E-state index in [1.807, 2.05) is 30.3 Å². The van der Waals surface area contributed by atoms with E-state index in [2.05, 4.69) is 30.4 Å². The monoisotopic (exact) mass is 268 g/mol. The maximum Gasteiger partial charge on any atom is 0.224 e. The maximum absolute atomic E-state index is 11.9. The summed E-state index contributed by atoms with van der Waals surface area (Å²) in [4.78, 5) is 11.9. The smallest absolute Gasteiger partial charge is 0.224 e. The Labute approximate surface area is 119 Å². The molecule has 20 heavy (non-hydrogen) atoms. The summed E-state index contributed by atoms with van der Waals surface area (Å²) in [6.45, 7) is 2.54. The number of carbonyl (C=O) groups excluding carboxylic acids is 1. The highest BCUT2D eigenvalue weighted by molar-refractivity contribution is 5.90. The van der Waals surface area contributed by atoms with Gasteiger partial charge in [0.1, 0.15) is 0 Å². The van der Waals surface area contributed by atoms with Crippen LogP contribution in [0, 0.1) is 6.92 Å². The lowest BCUT2D eigenvalue weighted by molar-refractivity contribution is -0.116. The Balaban J connectivity index is 1.89. The molecule has 2 aromatic rings. The van der Waals surface area contributed by atoms with E-state index < -0.39 is 0 Å². The minimum Gasteiger partial charge on any atom is -0.326 e. The van der Waals surface area contributed by atoms with Crippen molar-refractivity contribution in [3.8, 4) is 0 Å². The molecule has 0 aliphatic rings. The van der Waals surface area contributed by atoms with Gasteiger partial charge in [-0.3, -0.25) is 4.79 Å². The van der Waals surface area contributed by atoms with Gasteiger partial charge in [-0.05, 0) is 36.6 Å². The van der Waals surface area contributed by atoms with Crippen LogP contribution in [0.3, 0.4) is 0 Å². The van der Waals surface area contributed by atoms with Crippen LogP contribution in [0.1, 0.15) is 23.1 Å². The normalized spacial score (nSPS) is 10.3. The second-order valence-electron chi connectivity index (χ2n) is 4.94. The fourth-order valence-electron chi connectivity index (χ4n) is 2.13. The number of anilines is 1. The zero-order valence-electron chi connectivity index (χ0n) is 11.7. The van der Waals surface area contributed by atoms with Crippen LogP contribution in [0.5, 0.6) is 0 Å². The zero-order chi connectivity index (χ0) is 14.4. The molecule has 0 fully saturated rings. The van der Waals surface area contributed by atoms with E-state index in [-0.39, 0.29) is 5.91 Å². The summed E-state index contributed by atoms with van der Waals surface area (Å²) in [5.74, 6) is 0.0284. The molecule has 104 valence electrons. The molecule has 0 bridgehead atoms. The Kier molecular flexibility index (Phi) is 4.91. The van der Waals surface area contributed by atoms with Crippen molar-refractivity contribution >= 4 is 11.6 Å². The van der Waals surface area contributed by atoms with E-state index in [0.717, 1.165) is 17.7 Å². The van der Waals surface area contributed by atoms with Crippen LogP contribution >= 0.6 is 0 Å². The van der Waals surface area contributed by atoms with Crippen LogP contribution in [0.4, 0.5) is 5.69 Å². The summed E-state index contributed by atoms with van der Waals surface area (Å²) in [6.07, 6.45) is 1.24. The molecule has 1 amide bonds. The first kappa shape index (κ1) is 14.3. The quantitative estimate of drug-likeness (QED) is 0.875. The molecule has 0 spiro atoms. The van der Waals surface area contributed by atoms with Crippen molar-refractivity contribution in [2.24, 2.45) is 5.73 Å². The van der Waals surface area contributed by atoms with E-state index in [9.17, 15) is 4.79 Å². The highest BCUT2D eigenvalue weighted by Gasteiger charge is 2.04. The molecule has 0 saturated heterocycles. The minimum absolute atomic E-state index is 0.0284. The number of amides is 1. The molecular formula is C17H20N2O. The summed E-state index contributed by atoms with van der Waals surface area (Å²) in [5.41, 5.74) is 9.82. The van der Waals surface area contributed by atoms with Crippen LogP contribution in [-0.4, -0.2) is 5.91 Å². The van der Waals surface area contributed by atoms with Gasteiger partial charge >= 0.3 is 0 Å². The van der Waals surface area contributed by atoms with Crippen LogP contribution in [0.2, 0.25) is 0 Å². The molecule has 0 aromatic heterocycles. The molecule has 3 heteroatoms. The molecule has 0 heterocycles. The van der Waals surface area contributed by atoms with Crippen LogP contribution in [-0.2, 0) is 17.8 Å². The standard InChI is InChI=1S/C17H20N2O/c1-13-4-2-5-14(10-13)8-9-17(20)19-16-7-3-6-15(11-16)12-18/h2-7,10-11H,8-9,12,18H2,1H3,(H,19,20). The van der Waals surface area contributed by atoms with Gasteiger partial charge in [-0.15, -0.1) is 0 Å². The number of rotatable bonds is 5. The number of hydrogen-bond acceptors (Lipinski definition) is 2. The predicted molar refractivity (Wildman–Crippen MR) is 82.5 cm³/mol. The Morgan fingerprint density at radius 2 is 1.85 bits per heavy atom. The topological polar surface area (TPSA) is 55.1 Å². The SMILES string of the molecule is Cc1cccc(CCC(=O)Nc2cccc(CN)c2)c1. The molecule has 3 nitrogen and oxygen atoms in total. The number of nitrogens with one attached hydrogen (secondary N) is 1. The third kappa shape index (κ3) is 4.21. The third-order valence-corrected chi connectivity index (χ3v) is 3.17. The van der Waals surface area contributed by atoms with Crippen molar-refractivity contribution in [1.82, 2.24) is 0 Å². The first-order chi connectivity index (χ1) is 9.67. The van der Waals surface area contributed by atoms with E-state index in [4.69, 9.17) is 5.73 Å². The van der Waals surface area contributed by atoms with Crippen molar-refractivity contribution in [1.29, 1.82) is 0 Å². The van der Waals surface area contributed by atoms with Gasteiger partial charge < -0.3 is 11.1 Å². The number of carbonyl (C=O) groups is 1. The molecular weight excluding hydrogens is 248 g/mol. The van der Waals surface area contributed by atoms with Crippen LogP contribution < -0.4 is 11.1 Å². The van der Waals surface area contributed by atoms with Crippen LogP contribution in [0.25, 0.3) is 0 Å². The Morgan fingerprint density at radius 3 is 2.60 bits per heavy atom. The van der Waals surface area contributed by atoms with E-state index in [1.54, 1.807) is 0 Å². The maximum atomic E-state index is 11.9. The summed E-state index contributed by atoms with van der Waals surface area (Å²) in [6, 6.07) is 15.9. The van der Waals surface area contributed by atoms with Crippen molar-refractivity contribution in [3.05, 3.63) is 65.2 Å². The van der Waals surface area contributed by atoms with Crippen molar-refractivity contribution in [3.63, 3.8) is 0 Å². The first-order valence-corrected chi connectivity index (χ1v) is 6.82. The van der Waals surface area contributed by atoms with Gasteiger partial charge in [0.25, 0.3) is 0 Å². The summed E-state index contributed by atoms with van der Waals surface area (Å²) in [5, 5.41) is 2.91. The lowest BCUT2D eigenvalue weighted by Crippen LogP contribution is -2.12. The Morgan fingerprint density at radius 1 is 1.10 bits per heavy atom. The molecule has 0 aliphatic heterocycles. The lowest BCUT2D eigenvalue weighted by Gasteiger charge is -2.07.